The molecule has 0 spiro atoms. The molecule has 1 aromatic rings. The fourth-order valence-corrected chi connectivity index (χ4v) is 5.19. The van der Waals surface area contributed by atoms with Crippen molar-refractivity contribution in [1.29, 1.82) is 0 Å². The van der Waals surface area contributed by atoms with Crippen molar-refractivity contribution in [2.75, 3.05) is 53.4 Å². The lowest BCUT2D eigenvalue weighted by molar-refractivity contribution is 0.140. The van der Waals surface area contributed by atoms with Gasteiger partial charge in [0.05, 0.1) is 6.04 Å². The first kappa shape index (κ1) is 20.6. The van der Waals surface area contributed by atoms with Crippen LogP contribution in [0.15, 0.2) is 22.5 Å². The molecule has 2 N–H and O–H groups in total. The molecule has 0 amide bonds. The Hall–Kier alpha value is -1.11. The molecule has 0 aliphatic carbocycles. The largest absolute Gasteiger partial charge is 0.356 e. The number of aliphatic imine (C=N–C) groups is 1. The third-order valence-electron chi connectivity index (χ3n) is 6.10. The minimum Gasteiger partial charge on any atom is -0.356 e. The highest BCUT2D eigenvalue weighted by molar-refractivity contribution is 7.10. The molecule has 2 aliphatic rings. The number of piperidine rings is 2. The van der Waals surface area contributed by atoms with Crippen molar-refractivity contribution in [3.05, 3.63) is 22.4 Å². The van der Waals surface area contributed by atoms with Crippen molar-refractivity contribution >= 4 is 17.3 Å². The van der Waals surface area contributed by atoms with Crippen molar-refractivity contribution in [3.63, 3.8) is 0 Å². The normalized spacial score (nSPS) is 24.7. The first-order valence-electron chi connectivity index (χ1n) is 10.6. The van der Waals surface area contributed by atoms with Gasteiger partial charge in [-0.05, 0) is 75.6 Å². The molecule has 3 rings (SSSR count). The minimum absolute atomic E-state index is 0.442. The van der Waals surface area contributed by atoms with Crippen LogP contribution in [0.4, 0.5) is 0 Å². The van der Waals surface area contributed by atoms with Gasteiger partial charge in [0.15, 0.2) is 5.96 Å². The summed E-state index contributed by atoms with van der Waals surface area (Å²) in [5.41, 5.74) is 0. The van der Waals surface area contributed by atoms with E-state index in [9.17, 15) is 0 Å². The zero-order valence-corrected chi connectivity index (χ0v) is 18.1. The first-order valence-corrected chi connectivity index (χ1v) is 11.4. The Labute approximate surface area is 169 Å². The summed E-state index contributed by atoms with van der Waals surface area (Å²) in [7, 11) is 4.11. The summed E-state index contributed by atoms with van der Waals surface area (Å²) in [5.74, 6) is 2.52. The summed E-state index contributed by atoms with van der Waals surface area (Å²) < 4.78 is 0. The Morgan fingerprint density at radius 1 is 1.26 bits per heavy atom. The molecular formula is C21H37N5S. The molecule has 27 heavy (non-hydrogen) atoms. The number of hydrogen-bond acceptors (Lipinski definition) is 4. The summed E-state index contributed by atoms with van der Waals surface area (Å²) in [6.07, 6.45) is 5.24. The molecule has 0 radical (unpaired) electrons. The van der Waals surface area contributed by atoms with Gasteiger partial charge in [0.1, 0.15) is 0 Å². The lowest BCUT2D eigenvalue weighted by Crippen LogP contribution is -2.47. The number of likely N-dealkylation sites (tertiary alicyclic amines) is 2. The summed E-state index contributed by atoms with van der Waals surface area (Å²) in [6, 6.07) is 4.90. The molecule has 0 bridgehead atoms. The van der Waals surface area contributed by atoms with Gasteiger partial charge >= 0.3 is 0 Å². The van der Waals surface area contributed by atoms with Crippen LogP contribution in [0.1, 0.15) is 43.5 Å². The predicted molar refractivity (Wildman–Crippen MR) is 117 cm³/mol. The zero-order valence-electron chi connectivity index (χ0n) is 17.3. The van der Waals surface area contributed by atoms with Crippen LogP contribution >= 0.6 is 11.3 Å². The van der Waals surface area contributed by atoms with Crippen molar-refractivity contribution < 1.29 is 0 Å². The van der Waals surface area contributed by atoms with Crippen LogP contribution in [-0.2, 0) is 0 Å². The molecule has 2 unspecified atom stereocenters. The van der Waals surface area contributed by atoms with Gasteiger partial charge in [0.2, 0.25) is 0 Å². The molecule has 6 heteroatoms. The number of nitrogens with zero attached hydrogens (tertiary/aromatic N) is 3. The smallest absolute Gasteiger partial charge is 0.191 e. The predicted octanol–water partition coefficient (Wildman–Crippen LogP) is 3.03. The second-order valence-corrected chi connectivity index (χ2v) is 9.33. The lowest BCUT2D eigenvalue weighted by atomic mass is 9.97. The van der Waals surface area contributed by atoms with Gasteiger partial charge in [-0.25, -0.2) is 0 Å². The molecule has 0 saturated carbocycles. The highest BCUT2D eigenvalue weighted by Gasteiger charge is 2.25. The topological polar surface area (TPSA) is 42.9 Å². The van der Waals surface area contributed by atoms with Crippen LogP contribution in [0.25, 0.3) is 0 Å². The van der Waals surface area contributed by atoms with E-state index in [4.69, 9.17) is 0 Å². The van der Waals surface area contributed by atoms with Crippen LogP contribution in [-0.4, -0.2) is 69.1 Å². The monoisotopic (exact) mass is 391 g/mol. The fourth-order valence-electron chi connectivity index (χ4n) is 4.33. The van der Waals surface area contributed by atoms with Gasteiger partial charge < -0.3 is 15.5 Å². The van der Waals surface area contributed by atoms with E-state index >= 15 is 0 Å². The molecule has 3 heterocycles. The van der Waals surface area contributed by atoms with Crippen LogP contribution in [0, 0.1) is 11.8 Å². The van der Waals surface area contributed by atoms with E-state index < -0.39 is 0 Å². The first-order chi connectivity index (χ1) is 13.2. The summed E-state index contributed by atoms with van der Waals surface area (Å²) in [4.78, 5) is 11.0. The van der Waals surface area contributed by atoms with Crippen molar-refractivity contribution in [2.45, 2.75) is 38.6 Å². The maximum atomic E-state index is 4.47. The second kappa shape index (κ2) is 10.4. The SMILES string of the molecule is CN=C(NCC1CCCN(C)C1)NCC(c1cccs1)N1CCC(C)CC1. The standard InChI is InChI=1S/C21H37N5S/c1-17-8-11-26(12-9-17)19(20-7-5-13-27-20)15-24-21(22-2)23-14-18-6-4-10-25(3)16-18/h5,7,13,17-19H,4,6,8-12,14-16H2,1-3H3,(H2,22,23,24). The summed E-state index contributed by atoms with van der Waals surface area (Å²) in [5, 5.41) is 9.37. The van der Waals surface area contributed by atoms with Gasteiger partial charge in [0, 0.05) is 31.6 Å². The molecule has 0 aromatic carbocycles. The number of thiophene rings is 1. The maximum Gasteiger partial charge on any atom is 0.191 e. The molecule has 1 aromatic heterocycles. The third kappa shape index (κ3) is 6.19. The van der Waals surface area contributed by atoms with Crippen LogP contribution in [0.5, 0.6) is 0 Å². The van der Waals surface area contributed by atoms with Crippen LogP contribution in [0.3, 0.4) is 0 Å². The quantitative estimate of drug-likeness (QED) is 0.578. The molecule has 2 fully saturated rings. The fraction of sp³-hybridized carbons (Fsp3) is 0.762. The molecule has 152 valence electrons. The lowest BCUT2D eigenvalue weighted by Gasteiger charge is -2.36. The molecular weight excluding hydrogens is 354 g/mol. The molecule has 2 atom stereocenters. The molecule has 2 saturated heterocycles. The number of rotatable bonds is 6. The molecule has 5 nitrogen and oxygen atoms in total. The van der Waals surface area contributed by atoms with Crippen molar-refractivity contribution in [2.24, 2.45) is 16.8 Å². The Morgan fingerprint density at radius 3 is 2.74 bits per heavy atom. The van der Waals surface area contributed by atoms with Gasteiger partial charge in [0.25, 0.3) is 0 Å². The van der Waals surface area contributed by atoms with Crippen LogP contribution < -0.4 is 10.6 Å². The van der Waals surface area contributed by atoms with Gasteiger partial charge in [-0.3, -0.25) is 9.89 Å². The van der Waals surface area contributed by atoms with E-state index in [0.29, 0.717) is 6.04 Å². The Balaban J connectivity index is 1.52. The number of nitrogens with one attached hydrogen (secondary N) is 2. The van der Waals surface area contributed by atoms with Gasteiger partial charge in [-0.1, -0.05) is 13.0 Å². The maximum absolute atomic E-state index is 4.47. The Morgan fingerprint density at radius 2 is 2.07 bits per heavy atom. The van der Waals surface area contributed by atoms with E-state index in [1.54, 1.807) is 0 Å². The molecule has 2 aliphatic heterocycles. The van der Waals surface area contributed by atoms with E-state index in [0.717, 1.165) is 30.9 Å². The van der Waals surface area contributed by atoms with E-state index in [1.807, 2.05) is 18.4 Å². The average Bonchev–Trinajstić information content (AvgIpc) is 3.20. The van der Waals surface area contributed by atoms with Crippen LogP contribution in [0.2, 0.25) is 0 Å². The number of guanidine groups is 1. The minimum atomic E-state index is 0.442. The third-order valence-corrected chi connectivity index (χ3v) is 7.07. The van der Waals surface area contributed by atoms with E-state index in [2.05, 4.69) is 56.9 Å². The second-order valence-electron chi connectivity index (χ2n) is 8.35. The zero-order chi connectivity index (χ0) is 19.1. The average molecular weight is 392 g/mol. The summed E-state index contributed by atoms with van der Waals surface area (Å²) >= 11 is 1.87. The Kier molecular flexibility index (Phi) is 7.97. The summed E-state index contributed by atoms with van der Waals surface area (Å²) in [6.45, 7) is 9.13. The number of hydrogen-bond donors (Lipinski definition) is 2. The van der Waals surface area contributed by atoms with Crippen molar-refractivity contribution in [3.8, 4) is 0 Å². The van der Waals surface area contributed by atoms with E-state index in [-0.39, 0.29) is 0 Å². The highest BCUT2D eigenvalue weighted by atomic mass is 32.1. The van der Waals surface area contributed by atoms with Gasteiger partial charge in [-0.2, -0.15) is 0 Å². The Bertz CT molecular complexity index is 565. The highest BCUT2D eigenvalue weighted by Crippen LogP contribution is 2.29. The van der Waals surface area contributed by atoms with Crippen molar-refractivity contribution in [1.82, 2.24) is 20.4 Å². The van der Waals surface area contributed by atoms with E-state index in [1.165, 1.54) is 56.7 Å². The van der Waals surface area contributed by atoms with Gasteiger partial charge in [-0.15, -0.1) is 11.3 Å².